The minimum atomic E-state index is -0.968. The van der Waals surface area contributed by atoms with Crippen LogP contribution in [-0.2, 0) is 11.2 Å². The molecule has 1 N–H and O–H groups in total. The molecule has 1 aromatic heterocycles. The summed E-state index contributed by atoms with van der Waals surface area (Å²) in [5.74, 6) is 0.119. The maximum Gasteiger partial charge on any atom is 0.339 e. The fourth-order valence-electron chi connectivity index (χ4n) is 3.06. The predicted molar refractivity (Wildman–Crippen MR) is 79.3 cm³/mol. The van der Waals surface area contributed by atoms with Crippen LogP contribution in [0.15, 0.2) is 6.20 Å². The normalized spacial score (nSPS) is 17.6. The number of ether oxygens (including phenoxy) is 1. The first-order chi connectivity index (χ1) is 10.2. The van der Waals surface area contributed by atoms with E-state index < -0.39 is 5.97 Å². The number of nitrogens with zero attached hydrogens (tertiary/aromatic N) is 2. The smallest absolute Gasteiger partial charge is 0.339 e. The molecule has 1 aromatic rings. The molecule has 0 amide bonds. The van der Waals surface area contributed by atoms with Gasteiger partial charge in [0.1, 0.15) is 6.10 Å². The molecule has 21 heavy (non-hydrogen) atoms. The van der Waals surface area contributed by atoms with E-state index in [4.69, 9.17) is 9.84 Å². The third-order valence-electron chi connectivity index (χ3n) is 4.13. The van der Waals surface area contributed by atoms with E-state index in [0.29, 0.717) is 30.5 Å². The van der Waals surface area contributed by atoms with Gasteiger partial charge in [0.25, 0.3) is 0 Å². The molecule has 0 aromatic carbocycles. The van der Waals surface area contributed by atoms with E-state index in [0.717, 1.165) is 12.8 Å². The molecule has 116 valence electrons. The van der Waals surface area contributed by atoms with Gasteiger partial charge in [0.05, 0.1) is 11.3 Å². The van der Waals surface area contributed by atoms with Crippen LogP contribution in [0.1, 0.15) is 73.9 Å². The number of aromatic carboxylic acids is 1. The fourth-order valence-corrected chi connectivity index (χ4v) is 3.06. The Kier molecular flexibility index (Phi) is 5.67. The number of carbonyl (C=O) groups is 1. The lowest BCUT2D eigenvalue weighted by molar-refractivity contribution is -0.000384. The van der Waals surface area contributed by atoms with Crippen LogP contribution in [0.4, 0.5) is 0 Å². The van der Waals surface area contributed by atoms with E-state index in [1.807, 2.05) is 13.8 Å². The van der Waals surface area contributed by atoms with Gasteiger partial charge in [-0.2, -0.15) is 0 Å². The van der Waals surface area contributed by atoms with Crippen molar-refractivity contribution in [1.82, 2.24) is 9.97 Å². The molecule has 1 aliphatic rings. The van der Waals surface area contributed by atoms with Gasteiger partial charge < -0.3 is 9.84 Å². The Morgan fingerprint density at radius 1 is 1.38 bits per heavy atom. The van der Waals surface area contributed by atoms with Crippen molar-refractivity contribution >= 4 is 5.97 Å². The van der Waals surface area contributed by atoms with Crippen LogP contribution >= 0.6 is 0 Å². The van der Waals surface area contributed by atoms with Crippen molar-refractivity contribution in [3.8, 4) is 0 Å². The second-order valence-electron chi connectivity index (χ2n) is 5.52. The number of carboxylic acids is 1. The van der Waals surface area contributed by atoms with Gasteiger partial charge in [-0.1, -0.05) is 26.2 Å². The van der Waals surface area contributed by atoms with E-state index in [9.17, 15) is 4.79 Å². The molecule has 0 radical (unpaired) electrons. The van der Waals surface area contributed by atoms with Crippen molar-refractivity contribution in [2.45, 2.75) is 58.5 Å². The first-order valence-corrected chi connectivity index (χ1v) is 7.88. The molecule has 1 fully saturated rings. The third-order valence-corrected chi connectivity index (χ3v) is 4.13. The summed E-state index contributed by atoms with van der Waals surface area (Å²) in [5.41, 5.74) is 0.785. The number of aromatic nitrogens is 2. The van der Waals surface area contributed by atoms with E-state index in [1.165, 1.54) is 25.5 Å². The van der Waals surface area contributed by atoms with Crippen LogP contribution in [0, 0.1) is 5.92 Å². The van der Waals surface area contributed by atoms with Gasteiger partial charge in [-0.05, 0) is 32.1 Å². The van der Waals surface area contributed by atoms with E-state index in [1.54, 1.807) is 0 Å². The average Bonchev–Trinajstić information content (AvgIpc) is 2.52. The minimum absolute atomic E-state index is 0.108. The Morgan fingerprint density at radius 3 is 2.67 bits per heavy atom. The van der Waals surface area contributed by atoms with E-state index >= 15 is 0 Å². The monoisotopic (exact) mass is 292 g/mol. The van der Waals surface area contributed by atoms with Crippen molar-refractivity contribution in [1.29, 1.82) is 0 Å². The summed E-state index contributed by atoms with van der Waals surface area (Å²) in [5, 5.41) is 9.17. The zero-order valence-electron chi connectivity index (χ0n) is 12.8. The first-order valence-electron chi connectivity index (χ1n) is 7.88. The highest BCUT2D eigenvalue weighted by molar-refractivity contribution is 5.88. The molecule has 1 unspecified atom stereocenters. The standard InChI is InChI=1S/C16H24N2O3/c1-3-13-12(16(19)20)10-17-15(18-13)14(21-4-2)11-8-6-5-7-9-11/h10-11,14H,3-9H2,1-2H3,(H,19,20). The molecule has 2 rings (SSSR count). The third kappa shape index (κ3) is 3.79. The topological polar surface area (TPSA) is 72.3 Å². The summed E-state index contributed by atoms with van der Waals surface area (Å²) < 4.78 is 5.89. The van der Waals surface area contributed by atoms with E-state index in [2.05, 4.69) is 9.97 Å². The van der Waals surface area contributed by atoms with Crippen LogP contribution in [0.25, 0.3) is 0 Å². The lowest BCUT2D eigenvalue weighted by Crippen LogP contribution is -2.22. The van der Waals surface area contributed by atoms with E-state index in [-0.39, 0.29) is 11.7 Å². The highest BCUT2D eigenvalue weighted by Crippen LogP contribution is 2.35. The molecule has 0 saturated heterocycles. The minimum Gasteiger partial charge on any atom is -0.478 e. The summed E-state index contributed by atoms with van der Waals surface area (Å²) >= 11 is 0. The van der Waals surface area contributed by atoms with Crippen LogP contribution < -0.4 is 0 Å². The van der Waals surface area contributed by atoms with Gasteiger partial charge in [0, 0.05) is 12.8 Å². The van der Waals surface area contributed by atoms with Gasteiger partial charge in [-0.3, -0.25) is 0 Å². The van der Waals surface area contributed by atoms with Crippen LogP contribution in [-0.4, -0.2) is 27.7 Å². The van der Waals surface area contributed by atoms with Gasteiger partial charge >= 0.3 is 5.97 Å². The van der Waals surface area contributed by atoms with Gasteiger partial charge in [-0.25, -0.2) is 14.8 Å². The number of hydrogen-bond donors (Lipinski definition) is 1. The van der Waals surface area contributed by atoms with Gasteiger partial charge in [0.15, 0.2) is 5.82 Å². The van der Waals surface area contributed by atoms with Crippen molar-refractivity contribution < 1.29 is 14.6 Å². The maximum absolute atomic E-state index is 11.2. The Bertz CT molecular complexity index is 484. The van der Waals surface area contributed by atoms with Crippen molar-refractivity contribution in [3.05, 3.63) is 23.3 Å². The Labute approximate surface area is 125 Å². The quantitative estimate of drug-likeness (QED) is 0.870. The number of aryl methyl sites for hydroxylation is 1. The molecule has 1 aliphatic carbocycles. The zero-order valence-corrected chi connectivity index (χ0v) is 12.8. The average molecular weight is 292 g/mol. The first kappa shape index (κ1) is 15.9. The fraction of sp³-hybridized carbons (Fsp3) is 0.688. The predicted octanol–water partition coefficient (Wildman–Crippen LogP) is 3.40. The molecule has 0 bridgehead atoms. The SMILES string of the molecule is CCOC(c1ncc(C(=O)O)c(CC)n1)C1CCCCC1. The highest BCUT2D eigenvalue weighted by Gasteiger charge is 2.28. The molecule has 5 nitrogen and oxygen atoms in total. The highest BCUT2D eigenvalue weighted by atomic mass is 16.5. The number of rotatable bonds is 6. The second kappa shape index (κ2) is 7.50. The molecule has 1 heterocycles. The van der Waals surface area contributed by atoms with Gasteiger partial charge in [0.2, 0.25) is 0 Å². The Hall–Kier alpha value is -1.49. The maximum atomic E-state index is 11.2. The van der Waals surface area contributed by atoms with Crippen molar-refractivity contribution in [2.24, 2.45) is 5.92 Å². The molecule has 0 spiro atoms. The van der Waals surface area contributed by atoms with Crippen LogP contribution in [0.3, 0.4) is 0 Å². The van der Waals surface area contributed by atoms with Crippen molar-refractivity contribution in [2.75, 3.05) is 6.61 Å². The molecular weight excluding hydrogens is 268 g/mol. The Balaban J connectivity index is 2.28. The van der Waals surface area contributed by atoms with Crippen LogP contribution in [0.2, 0.25) is 0 Å². The Morgan fingerprint density at radius 2 is 2.10 bits per heavy atom. The zero-order chi connectivity index (χ0) is 15.2. The second-order valence-corrected chi connectivity index (χ2v) is 5.52. The van der Waals surface area contributed by atoms with Crippen LogP contribution in [0.5, 0.6) is 0 Å². The summed E-state index contributed by atoms with van der Waals surface area (Å²) in [4.78, 5) is 20.0. The lowest BCUT2D eigenvalue weighted by Gasteiger charge is -2.29. The largest absolute Gasteiger partial charge is 0.478 e. The molecule has 1 saturated carbocycles. The number of hydrogen-bond acceptors (Lipinski definition) is 4. The summed E-state index contributed by atoms with van der Waals surface area (Å²) in [6.07, 6.45) is 7.91. The molecule has 0 aliphatic heterocycles. The van der Waals surface area contributed by atoms with Crippen molar-refractivity contribution in [3.63, 3.8) is 0 Å². The number of carboxylic acid groups (broad SMARTS) is 1. The van der Waals surface area contributed by atoms with Gasteiger partial charge in [-0.15, -0.1) is 0 Å². The summed E-state index contributed by atoms with van der Waals surface area (Å²) in [6, 6.07) is 0. The summed E-state index contributed by atoms with van der Waals surface area (Å²) in [7, 11) is 0. The molecule has 5 heteroatoms. The molecular formula is C16H24N2O3. The summed E-state index contributed by atoms with van der Waals surface area (Å²) in [6.45, 7) is 4.50. The molecule has 1 atom stereocenters. The lowest BCUT2D eigenvalue weighted by atomic mass is 9.85.